The predicted octanol–water partition coefficient (Wildman–Crippen LogP) is 4.82. The van der Waals surface area contributed by atoms with Crippen LogP contribution in [0.15, 0.2) is 54.7 Å². The van der Waals surface area contributed by atoms with E-state index >= 15 is 0 Å². The molecule has 0 aliphatic rings. The van der Waals surface area contributed by atoms with Crippen LogP contribution in [-0.2, 0) is 17.9 Å². The molecule has 2 aromatic carbocycles. The first kappa shape index (κ1) is 27.6. The molecule has 3 rings (SSSR count). The Kier molecular flexibility index (Phi) is 10.8. The van der Waals surface area contributed by atoms with Crippen molar-refractivity contribution in [2.75, 3.05) is 19.6 Å². The van der Waals surface area contributed by atoms with E-state index in [1.165, 1.54) is 0 Å². The molecule has 0 atom stereocenters. The Balaban J connectivity index is 0.000000509. The van der Waals surface area contributed by atoms with Crippen LogP contribution in [0.25, 0.3) is 5.69 Å². The van der Waals surface area contributed by atoms with Gasteiger partial charge in [0.2, 0.25) is 0 Å². The minimum atomic E-state index is -5.08. The van der Waals surface area contributed by atoms with Gasteiger partial charge in [-0.25, -0.2) is 9.48 Å². The number of carboxylic acids is 1. The molecule has 12 heteroatoms. The zero-order valence-electron chi connectivity index (χ0n) is 18.3. The number of benzene rings is 2. The summed E-state index contributed by atoms with van der Waals surface area (Å²) < 4.78 is 33.5. The minimum absolute atomic E-state index is 0.674. The van der Waals surface area contributed by atoms with E-state index in [1.54, 1.807) is 10.7 Å². The van der Waals surface area contributed by atoms with E-state index in [4.69, 9.17) is 33.1 Å². The Labute approximate surface area is 205 Å². The second-order valence-corrected chi connectivity index (χ2v) is 7.99. The van der Waals surface area contributed by atoms with E-state index in [1.807, 2.05) is 48.7 Å². The summed E-state index contributed by atoms with van der Waals surface area (Å²) >= 11 is 12.2. The molecule has 0 radical (unpaired) electrons. The molecule has 0 aliphatic carbocycles. The van der Waals surface area contributed by atoms with Crippen LogP contribution >= 0.6 is 23.2 Å². The molecule has 0 fully saturated rings. The molecule has 0 saturated heterocycles. The monoisotopic (exact) mass is 517 g/mol. The second-order valence-electron chi connectivity index (χ2n) is 7.12. The number of hydrogen-bond donors (Lipinski definition) is 2. The van der Waals surface area contributed by atoms with Crippen molar-refractivity contribution in [1.29, 1.82) is 0 Å². The number of hydrogen-bond acceptors (Lipinski definition) is 5. The van der Waals surface area contributed by atoms with Crippen molar-refractivity contribution >= 4 is 29.2 Å². The summed E-state index contributed by atoms with van der Waals surface area (Å²) in [6.45, 7) is 6.40. The average molecular weight is 518 g/mol. The van der Waals surface area contributed by atoms with Gasteiger partial charge in [0.1, 0.15) is 0 Å². The zero-order chi connectivity index (χ0) is 25.1. The first-order valence-electron chi connectivity index (χ1n) is 10.2. The lowest BCUT2D eigenvalue weighted by Gasteiger charge is -2.20. The van der Waals surface area contributed by atoms with Gasteiger partial charge in [0.05, 0.1) is 17.6 Å². The van der Waals surface area contributed by atoms with Crippen molar-refractivity contribution in [2.45, 2.75) is 26.2 Å². The van der Waals surface area contributed by atoms with E-state index < -0.39 is 12.1 Å². The summed E-state index contributed by atoms with van der Waals surface area (Å²) in [5.74, 6) is -2.76. The van der Waals surface area contributed by atoms with Crippen molar-refractivity contribution in [3.05, 3.63) is 76.0 Å². The highest BCUT2D eigenvalue weighted by Crippen LogP contribution is 2.20. The number of rotatable bonds is 9. The number of para-hydroxylation sites is 1. The second kappa shape index (κ2) is 13.3. The Bertz CT molecular complexity index is 1030. The first-order valence-corrected chi connectivity index (χ1v) is 11.0. The van der Waals surface area contributed by atoms with Crippen LogP contribution in [0.1, 0.15) is 18.2 Å². The number of carbonyl (C=O) groups is 1. The third-order valence-corrected chi connectivity index (χ3v) is 4.93. The number of aromatic nitrogens is 3. The van der Waals surface area contributed by atoms with Crippen molar-refractivity contribution in [1.82, 2.24) is 25.2 Å². The predicted molar refractivity (Wildman–Crippen MR) is 124 cm³/mol. The molecular weight excluding hydrogens is 494 g/mol. The maximum Gasteiger partial charge on any atom is 0.490 e. The van der Waals surface area contributed by atoms with Gasteiger partial charge in [0.15, 0.2) is 0 Å². The van der Waals surface area contributed by atoms with Gasteiger partial charge >= 0.3 is 12.1 Å². The summed E-state index contributed by atoms with van der Waals surface area (Å²) in [5, 5.41) is 20.3. The Morgan fingerprint density at radius 1 is 1.15 bits per heavy atom. The SMILES string of the molecule is CCN(CCNCc1cn(-c2ccccc2)nn1)Cc1cc(Cl)cc(Cl)c1.O=C(O)C(F)(F)F. The third-order valence-electron chi connectivity index (χ3n) is 4.49. The van der Waals surface area contributed by atoms with E-state index in [2.05, 4.69) is 27.5 Å². The van der Waals surface area contributed by atoms with Crippen LogP contribution in [-0.4, -0.2) is 56.8 Å². The fraction of sp³-hybridized carbons (Fsp3) is 0.318. The third kappa shape index (κ3) is 9.68. The maximum absolute atomic E-state index is 10.6. The first-order chi connectivity index (χ1) is 16.1. The highest BCUT2D eigenvalue weighted by Gasteiger charge is 2.38. The van der Waals surface area contributed by atoms with Crippen LogP contribution in [0.4, 0.5) is 13.2 Å². The van der Waals surface area contributed by atoms with Crippen LogP contribution < -0.4 is 5.32 Å². The molecule has 7 nitrogen and oxygen atoms in total. The summed E-state index contributed by atoms with van der Waals surface area (Å²) in [7, 11) is 0. The van der Waals surface area contributed by atoms with Crippen LogP contribution in [0.5, 0.6) is 0 Å². The molecule has 3 aromatic rings. The molecule has 0 amide bonds. The van der Waals surface area contributed by atoms with Crippen molar-refractivity contribution in [3.8, 4) is 5.69 Å². The van der Waals surface area contributed by atoms with E-state index in [0.29, 0.717) is 16.6 Å². The highest BCUT2D eigenvalue weighted by atomic mass is 35.5. The largest absolute Gasteiger partial charge is 0.490 e. The van der Waals surface area contributed by atoms with Crippen molar-refractivity contribution in [3.63, 3.8) is 0 Å². The fourth-order valence-corrected chi connectivity index (χ4v) is 3.42. The van der Waals surface area contributed by atoms with Gasteiger partial charge in [0, 0.05) is 36.2 Å². The van der Waals surface area contributed by atoms with Gasteiger partial charge < -0.3 is 10.4 Å². The summed E-state index contributed by atoms with van der Waals surface area (Å²) in [6.07, 6.45) is -3.13. The number of halogens is 5. The van der Waals surface area contributed by atoms with Crippen molar-refractivity contribution in [2.24, 2.45) is 0 Å². The minimum Gasteiger partial charge on any atom is -0.475 e. The number of carboxylic acid groups (broad SMARTS) is 1. The van der Waals surface area contributed by atoms with Gasteiger partial charge in [-0.3, -0.25) is 4.90 Å². The number of nitrogens with one attached hydrogen (secondary N) is 1. The lowest BCUT2D eigenvalue weighted by atomic mass is 10.2. The lowest BCUT2D eigenvalue weighted by molar-refractivity contribution is -0.192. The van der Waals surface area contributed by atoms with Crippen molar-refractivity contribution < 1.29 is 23.1 Å². The van der Waals surface area contributed by atoms with Gasteiger partial charge in [-0.2, -0.15) is 13.2 Å². The van der Waals surface area contributed by atoms with Crippen LogP contribution in [0.3, 0.4) is 0 Å². The molecule has 0 spiro atoms. The summed E-state index contributed by atoms with van der Waals surface area (Å²) in [5.41, 5.74) is 3.05. The molecule has 34 heavy (non-hydrogen) atoms. The number of nitrogens with zero attached hydrogens (tertiary/aromatic N) is 4. The zero-order valence-corrected chi connectivity index (χ0v) is 19.8. The maximum atomic E-state index is 10.6. The smallest absolute Gasteiger partial charge is 0.475 e. The number of likely N-dealkylation sites (N-methyl/N-ethyl adjacent to an activating group) is 1. The highest BCUT2D eigenvalue weighted by molar-refractivity contribution is 6.34. The quantitative estimate of drug-likeness (QED) is 0.396. The van der Waals surface area contributed by atoms with Gasteiger partial charge in [-0.1, -0.05) is 53.5 Å². The Morgan fingerprint density at radius 2 is 1.76 bits per heavy atom. The molecule has 0 unspecified atom stereocenters. The average Bonchev–Trinajstić information content (AvgIpc) is 3.24. The normalized spacial score (nSPS) is 11.3. The van der Waals surface area contributed by atoms with Gasteiger partial charge in [0.25, 0.3) is 0 Å². The van der Waals surface area contributed by atoms with Gasteiger partial charge in [-0.05, 0) is 42.4 Å². The standard InChI is InChI=1S/C20H23Cl2N5.C2HF3O2/c1-2-26(14-16-10-17(21)12-18(22)11-16)9-8-23-13-19-15-27(25-24-19)20-6-4-3-5-7-20;3-2(4,5)1(6)7/h3-7,10-12,15,23H,2,8-9,13-14H2,1H3;(H,6,7). The van der Waals surface area contributed by atoms with Gasteiger partial charge in [-0.15, -0.1) is 5.10 Å². The number of alkyl halides is 3. The van der Waals surface area contributed by atoms with E-state index in [9.17, 15) is 13.2 Å². The van der Waals surface area contributed by atoms with E-state index in [-0.39, 0.29) is 0 Å². The Morgan fingerprint density at radius 3 is 2.32 bits per heavy atom. The van der Waals surface area contributed by atoms with Crippen LogP contribution in [0, 0.1) is 0 Å². The molecule has 1 heterocycles. The summed E-state index contributed by atoms with van der Waals surface area (Å²) in [6, 6.07) is 15.7. The Hall–Kier alpha value is -2.66. The van der Waals surface area contributed by atoms with Crippen LogP contribution in [0.2, 0.25) is 10.0 Å². The number of aliphatic carboxylic acids is 1. The molecule has 184 valence electrons. The summed E-state index contributed by atoms with van der Waals surface area (Å²) in [4.78, 5) is 11.2. The molecule has 2 N–H and O–H groups in total. The molecular formula is C22H24Cl2F3N5O2. The molecule has 0 aliphatic heterocycles. The fourth-order valence-electron chi connectivity index (χ4n) is 2.85. The topological polar surface area (TPSA) is 83.3 Å². The lowest BCUT2D eigenvalue weighted by Crippen LogP contribution is -2.31. The van der Waals surface area contributed by atoms with E-state index in [0.717, 1.165) is 43.1 Å². The molecule has 0 saturated carbocycles. The molecule has 1 aromatic heterocycles. The molecule has 0 bridgehead atoms.